The maximum absolute atomic E-state index is 12.8. The van der Waals surface area contributed by atoms with Crippen molar-refractivity contribution in [3.8, 4) is 0 Å². The van der Waals surface area contributed by atoms with Crippen molar-refractivity contribution >= 4 is 34.8 Å². The topological polar surface area (TPSA) is 40.6 Å². The highest BCUT2D eigenvalue weighted by Gasteiger charge is 2.25. The van der Waals surface area contributed by atoms with Gasteiger partial charge in [-0.2, -0.15) is 0 Å². The molecule has 0 aliphatic carbocycles. The summed E-state index contributed by atoms with van der Waals surface area (Å²) in [5.41, 5.74) is 0.789. The molecule has 0 atom stereocenters. The second-order valence-electron chi connectivity index (χ2n) is 5.90. The van der Waals surface area contributed by atoms with E-state index in [0.29, 0.717) is 19.6 Å². The van der Waals surface area contributed by atoms with Crippen LogP contribution in [-0.4, -0.2) is 60.0 Å². The number of Topliss-reactive ketones (excluding diaryl/α,β-unsaturated/α-hetero) is 1. The van der Waals surface area contributed by atoms with Gasteiger partial charge in [0.25, 0.3) is 5.91 Å². The number of nitrogens with zero attached hydrogens (tertiary/aromatic N) is 2. The molecule has 0 unspecified atom stereocenters. The van der Waals surface area contributed by atoms with E-state index in [9.17, 15) is 9.59 Å². The molecule has 1 aliphatic heterocycles. The molecule has 0 saturated carbocycles. The van der Waals surface area contributed by atoms with Crippen molar-refractivity contribution in [3.63, 3.8) is 0 Å². The van der Waals surface area contributed by atoms with Crippen molar-refractivity contribution in [3.05, 3.63) is 52.2 Å². The Bertz CT molecular complexity index is 723. The van der Waals surface area contributed by atoms with Crippen LogP contribution in [0.25, 0.3) is 0 Å². The maximum Gasteiger partial charge on any atom is 0.255 e. The molecule has 0 radical (unpaired) electrons. The zero-order valence-corrected chi connectivity index (χ0v) is 15.9. The SMILES string of the molecule is CCSc1ccccc1C(=O)N1CCN(CC(=O)c2cccs2)CC1. The molecule has 132 valence electrons. The molecule has 3 rings (SSSR count). The molecule has 2 heterocycles. The third-order valence-electron chi connectivity index (χ3n) is 4.24. The lowest BCUT2D eigenvalue weighted by Crippen LogP contribution is -2.49. The zero-order chi connectivity index (χ0) is 17.6. The van der Waals surface area contributed by atoms with Crippen LogP contribution in [0, 0.1) is 0 Å². The fraction of sp³-hybridized carbons (Fsp3) is 0.368. The van der Waals surface area contributed by atoms with Crippen LogP contribution >= 0.6 is 23.1 Å². The third-order valence-corrected chi connectivity index (χ3v) is 6.11. The Labute approximate surface area is 156 Å². The first-order valence-electron chi connectivity index (χ1n) is 8.49. The molecular formula is C19H22N2O2S2. The van der Waals surface area contributed by atoms with Gasteiger partial charge in [0, 0.05) is 31.1 Å². The predicted molar refractivity (Wildman–Crippen MR) is 104 cm³/mol. The van der Waals surface area contributed by atoms with Gasteiger partial charge in [0.05, 0.1) is 17.0 Å². The average molecular weight is 375 g/mol. The molecule has 6 heteroatoms. The Morgan fingerprint density at radius 1 is 1.08 bits per heavy atom. The van der Waals surface area contributed by atoms with Crippen molar-refractivity contribution < 1.29 is 9.59 Å². The molecule has 0 spiro atoms. The highest BCUT2D eigenvalue weighted by Crippen LogP contribution is 2.24. The van der Waals surface area contributed by atoms with Gasteiger partial charge in [-0.15, -0.1) is 23.1 Å². The van der Waals surface area contributed by atoms with Crippen molar-refractivity contribution in [1.82, 2.24) is 9.80 Å². The largest absolute Gasteiger partial charge is 0.336 e. The first-order chi connectivity index (χ1) is 12.2. The standard InChI is InChI=1S/C19H22N2O2S2/c1-2-24-17-7-4-3-6-15(17)19(23)21-11-9-20(10-12-21)14-16(22)18-8-5-13-25-18/h3-8,13H,2,9-12,14H2,1H3. The third kappa shape index (κ3) is 4.51. The molecule has 2 aromatic rings. The molecule has 1 aromatic carbocycles. The van der Waals surface area contributed by atoms with E-state index in [1.165, 1.54) is 11.3 Å². The van der Waals surface area contributed by atoms with Gasteiger partial charge in [-0.25, -0.2) is 0 Å². The number of rotatable bonds is 6. The van der Waals surface area contributed by atoms with E-state index in [1.54, 1.807) is 11.8 Å². The number of thiophene rings is 1. The highest BCUT2D eigenvalue weighted by molar-refractivity contribution is 7.99. The van der Waals surface area contributed by atoms with E-state index in [1.807, 2.05) is 46.7 Å². The monoisotopic (exact) mass is 374 g/mol. The fourth-order valence-corrected chi connectivity index (χ4v) is 4.38. The molecule has 0 bridgehead atoms. The lowest BCUT2D eigenvalue weighted by molar-refractivity contribution is 0.0622. The van der Waals surface area contributed by atoms with E-state index < -0.39 is 0 Å². The molecule has 1 saturated heterocycles. The van der Waals surface area contributed by atoms with Crippen LogP contribution in [0.1, 0.15) is 27.0 Å². The minimum Gasteiger partial charge on any atom is -0.336 e. The zero-order valence-electron chi connectivity index (χ0n) is 14.3. The summed E-state index contributed by atoms with van der Waals surface area (Å²) in [5, 5.41) is 1.93. The van der Waals surface area contributed by atoms with Crippen molar-refractivity contribution in [2.24, 2.45) is 0 Å². The Morgan fingerprint density at radius 2 is 1.84 bits per heavy atom. The molecule has 0 N–H and O–H groups in total. The van der Waals surface area contributed by atoms with Crippen LogP contribution in [0.2, 0.25) is 0 Å². The number of ketones is 1. The number of amides is 1. The van der Waals surface area contributed by atoms with E-state index in [2.05, 4.69) is 11.8 Å². The number of carbonyl (C=O) groups excluding carboxylic acids is 2. The lowest BCUT2D eigenvalue weighted by atomic mass is 10.1. The normalized spacial score (nSPS) is 15.3. The number of carbonyl (C=O) groups is 2. The fourth-order valence-electron chi connectivity index (χ4n) is 2.92. The van der Waals surface area contributed by atoms with Crippen LogP contribution in [-0.2, 0) is 0 Å². The number of hydrogen-bond acceptors (Lipinski definition) is 5. The Balaban J connectivity index is 1.57. The smallest absolute Gasteiger partial charge is 0.255 e. The number of benzene rings is 1. The quantitative estimate of drug-likeness (QED) is 0.573. The van der Waals surface area contributed by atoms with Crippen LogP contribution in [0.15, 0.2) is 46.7 Å². The summed E-state index contributed by atoms with van der Waals surface area (Å²) in [6.45, 7) is 5.35. The van der Waals surface area contributed by atoms with Gasteiger partial charge in [-0.1, -0.05) is 25.1 Å². The van der Waals surface area contributed by atoms with Gasteiger partial charge in [-0.3, -0.25) is 14.5 Å². The van der Waals surface area contributed by atoms with Crippen LogP contribution in [0.5, 0.6) is 0 Å². The maximum atomic E-state index is 12.8. The molecule has 25 heavy (non-hydrogen) atoms. The summed E-state index contributed by atoms with van der Waals surface area (Å²) in [6.07, 6.45) is 0. The van der Waals surface area contributed by atoms with Crippen molar-refractivity contribution in [2.45, 2.75) is 11.8 Å². The van der Waals surface area contributed by atoms with Gasteiger partial charge in [-0.05, 0) is 29.3 Å². The van der Waals surface area contributed by atoms with Gasteiger partial charge in [0.15, 0.2) is 5.78 Å². The van der Waals surface area contributed by atoms with Gasteiger partial charge >= 0.3 is 0 Å². The molecule has 1 amide bonds. The Hall–Kier alpha value is -1.63. The summed E-state index contributed by atoms with van der Waals surface area (Å²) < 4.78 is 0. The Kier molecular flexibility index (Phi) is 6.29. The molecule has 1 fully saturated rings. The van der Waals surface area contributed by atoms with E-state index in [0.717, 1.165) is 34.2 Å². The van der Waals surface area contributed by atoms with Crippen molar-refractivity contribution in [2.75, 3.05) is 38.5 Å². The summed E-state index contributed by atoms with van der Waals surface area (Å²) in [4.78, 5) is 30.9. The second-order valence-corrected chi connectivity index (χ2v) is 8.15. The molecular weight excluding hydrogens is 352 g/mol. The van der Waals surface area contributed by atoms with Crippen LogP contribution in [0.4, 0.5) is 0 Å². The first-order valence-corrected chi connectivity index (χ1v) is 10.4. The summed E-state index contributed by atoms with van der Waals surface area (Å²) in [6, 6.07) is 11.6. The van der Waals surface area contributed by atoms with Crippen LogP contribution < -0.4 is 0 Å². The number of hydrogen-bond donors (Lipinski definition) is 0. The molecule has 4 nitrogen and oxygen atoms in total. The highest BCUT2D eigenvalue weighted by atomic mass is 32.2. The lowest BCUT2D eigenvalue weighted by Gasteiger charge is -2.34. The minimum atomic E-state index is 0.0979. The van der Waals surface area contributed by atoms with E-state index in [4.69, 9.17) is 0 Å². The molecule has 1 aromatic heterocycles. The van der Waals surface area contributed by atoms with Gasteiger partial charge in [0.1, 0.15) is 0 Å². The van der Waals surface area contributed by atoms with Crippen LogP contribution in [0.3, 0.4) is 0 Å². The summed E-state index contributed by atoms with van der Waals surface area (Å²) in [5.74, 6) is 1.21. The summed E-state index contributed by atoms with van der Waals surface area (Å²) >= 11 is 3.19. The average Bonchev–Trinajstić information content (AvgIpc) is 3.17. The number of piperazine rings is 1. The predicted octanol–water partition coefficient (Wildman–Crippen LogP) is 3.50. The van der Waals surface area contributed by atoms with Gasteiger partial charge in [0.2, 0.25) is 0 Å². The molecule has 1 aliphatic rings. The minimum absolute atomic E-state index is 0.0979. The van der Waals surface area contributed by atoms with E-state index >= 15 is 0 Å². The van der Waals surface area contributed by atoms with Gasteiger partial charge < -0.3 is 4.90 Å². The Morgan fingerprint density at radius 3 is 2.52 bits per heavy atom. The first kappa shape index (κ1) is 18.2. The van der Waals surface area contributed by atoms with Crippen molar-refractivity contribution in [1.29, 1.82) is 0 Å². The summed E-state index contributed by atoms with van der Waals surface area (Å²) in [7, 11) is 0. The number of thioether (sulfide) groups is 1. The second kappa shape index (κ2) is 8.65. The van der Waals surface area contributed by atoms with E-state index in [-0.39, 0.29) is 11.7 Å².